The third-order valence-electron chi connectivity index (χ3n) is 2.92. The summed E-state index contributed by atoms with van der Waals surface area (Å²) in [6, 6.07) is 0. The third-order valence-corrected chi connectivity index (χ3v) is 4.82. The van der Waals surface area contributed by atoms with E-state index in [1.807, 2.05) is 0 Å². The fourth-order valence-electron chi connectivity index (χ4n) is 1.95. The number of amides is 3. The van der Waals surface area contributed by atoms with Gasteiger partial charge in [-0.1, -0.05) is 0 Å². The van der Waals surface area contributed by atoms with Crippen LogP contribution in [0.2, 0.25) is 0 Å². The average Bonchev–Trinajstić information content (AvgIpc) is 2.89. The lowest BCUT2D eigenvalue weighted by atomic mass is 10.2. The molecular weight excluding hydrogens is 332 g/mol. The Bertz CT molecular complexity index is 737. The Morgan fingerprint density at radius 1 is 1.36 bits per heavy atom. The largest absolute Gasteiger partial charge is 0.375 e. The number of thiophene rings is 1. The van der Waals surface area contributed by atoms with Crippen LogP contribution in [0, 0.1) is 0 Å². The topological polar surface area (TPSA) is 110 Å². The molecule has 1 aromatic heterocycles. The molecule has 1 N–H and O–H groups in total. The highest BCUT2D eigenvalue weighted by molar-refractivity contribution is 7.90. The molecule has 3 amide bonds. The number of imide groups is 1. The zero-order chi connectivity index (χ0) is 16.5. The van der Waals surface area contributed by atoms with E-state index in [0.29, 0.717) is 0 Å². The average molecular weight is 346 g/mol. The number of nitrogens with zero attached hydrogens (tertiary/aromatic N) is 1. The van der Waals surface area contributed by atoms with Crippen molar-refractivity contribution in [3.8, 4) is 0 Å². The molecule has 0 spiro atoms. The molecule has 0 unspecified atom stereocenters. The van der Waals surface area contributed by atoms with E-state index < -0.39 is 27.6 Å². The first-order chi connectivity index (χ1) is 10.2. The van der Waals surface area contributed by atoms with Gasteiger partial charge in [-0.2, -0.15) is 0 Å². The Labute approximate surface area is 131 Å². The molecule has 0 fully saturated rings. The first-order valence-corrected chi connectivity index (χ1v) is 9.13. The van der Waals surface area contributed by atoms with Crippen LogP contribution in [-0.4, -0.2) is 63.3 Å². The molecule has 0 saturated carbocycles. The van der Waals surface area contributed by atoms with Gasteiger partial charge in [-0.15, -0.1) is 11.3 Å². The number of sulfone groups is 1. The molecule has 2 rings (SSSR count). The van der Waals surface area contributed by atoms with Gasteiger partial charge >= 0.3 is 0 Å². The molecule has 120 valence electrons. The Morgan fingerprint density at radius 2 is 2.05 bits per heavy atom. The van der Waals surface area contributed by atoms with Crippen LogP contribution in [0.3, 0.4) is 0 Å². The number of hydrogen-bond donors (Lipinski definition) is 1. The summed E-state index contributed by atoms with van der Waals surface area (Å²) in [5.74, 6) is -1.89. The fraction of sp³-hybridized carbons (Fsp3) is 0.417. The van der Waals surface area contributed by atoms with Crippen LogP contribution in [0.25, 0.3) is 0 Å². The molecule has 0 atom stereocenters. The van der Waals surface area contributed by atoms with Crippen LogP contribution in [0.5, 0.6) is 0 Å². The van der Waals surface area contributed by atoms with Crippen molar-refractivity contribution < 1.29 is 27.5 Å². The molecule has 22 heavy (non-hydrogen) atoms. The number of methoxy groups -OCH3 is 1. The smallest absolute Gasteiger partial charge is 0.271 e. The first-order valence-electron chi connectivity index (χ1n) is 6.19. The number of anilines is 1. The number of carbonyl (C=O) groups excluding carboxylic acids is 3. The summed E-state index contributed by atoms with van der Waals surface area (Å²) in [6.07, 6.45) is 1.03. The van der Waals surface area contributed by atoms with Crippen LogP contribution in [0.15, 0.2) is 5.38 Å². The van der Waals surface area contributed by atoms with Crippen molar-refractivity contribution in [1.82, 2.24) is 4.90 Å². The highest BCUT2D eigenvalue weighted by Gasteiger charge is 2.39. The van der Waals surface area contributed by atoms with E-state index in [1.165, 1.54) is 12.5 Å². The highest BCUT2D eigenvalue weighted by Crippen LogP contribution is 2.34. The quantitative estimate of drug-likeness (QED) is 0.725. The molecule has 8 nitrogen and oxygen atoms in total. The third kappa shape index (κ3) is 3.34. The predicted octanol–water partition coefficient (Wildman–Crippen LogP) is -0.0264. The van der Waals surface area contributed by atoms with Crippen LogP contribution in [-0.2, 0) is 19.4 Å². The van der Waals surface area contributed by atoms with Crippen molar-refractivity contribution >= 4 is 44.6 Å². The molecule has 0 aromatic carbocycles. The minimum Gasteiger partial charge on any atom is -0.375 e. The van der Waals surface area contributed by atoms with E-state index in [4.69, 9.17) is 0 Å². The summed E-state index contributed by atoms with van der Waals surface area (Å²) in [4.78, 5) is 37.0. The zero-order valence-electron chi connectivity index (χ0n) is 11.9. The number of ether oxygens (including phenoxy) is 1. The van der Waals surface area contributed by atoms with Gasteiger partial charge in [-0.25, -0.2) is 8.42 Å². The van der Waals surface area contributed by atoms with Gasteiger partial charge < -0.3 is 10.1 Å². The maximum absolute atomic E-state index is 12.3. The number of hydrogen-bond acceptors (Lipinski definition) is 7. The standard InChI is InChI=1S/C12H14N2O6S2/c1-20-5-8(15)13-7-6-21-10-9(7)11(16)14(12(10)17)3-4-22(2,18)19/h6H,3-5H2,1-2H3,(H,13,15). The van der Waals surface area contributed by atoms with Gasteiger partial charge in [0.05, 0.1) is 17.0 Å². The number of fused-ring (bicyclic) bond motifs is 1. The lowest BCUT2D eigenvalue weighted by Crippen LogP contribution is -2.34. The summed E-state index contributed by atoms with van der Waals surface area (Å²) in [5, 5.41) is 4.00. The van der Waals surface area contributed by atoms with Crippen LogP contribution in [0.1, 0.15) is 20.0 Å². The van der Waals surface area contributed by atoms with Gasteiger partial charge in [0, 0.05) is 25.3 Å². The lowest BCUT2D eigenvalue weighted by molar-refractivity contribution is -0.119. The van der Waals surface area contributed by atoms with Crippen molar-refractivity contribution in [3.63, 3.8) is 0 Å². The summed E-state index contributed by atoms with van der Waals surface area (Å²) in [7, 11) is -1.93. The van der Waals surface area contributed by atoms with E-state index >= 15 is 0 Å². The number of nitrogens with one attached hydrogen (secondary N) is 1. The molecule has 0 aliphatic carbocycles. The fourth-order valence-corrected chi connectivity index (χ4v) is 3.40. The maximum Gasteiger partial charge on any atom is 0.271 e. The maximum atomic E-state index is 12.3. The van der Waals surface area contributed by atoms with Crippen molar-refractivity contribution in [3.05, 3.63) is 15.8 Å². The molecular formula is C12H14N2O6S2. The zero-order valence-corrected chi connectivity index (χ0v) is 13.5. The van der Waals surface area contributed by atoms with Crippen LogP contribution >= 0.6 is 11.3 Å². The van der Waals surface area contributed by atoms with E-state index in [0.717, 1.165) is 22.5 Å². The van der Waals surface area contributed by atoms with Gasteiger partial charge in [0.1, 0.15) is 21.3 Å². The highest BCUT2D eigenvalue weighted by atomic mass is 32.2. The summed E-state index contributed by atoms with van der Waals surface area (Å²) < 4.78 is 27.0. The molecule has 2 heterocycles. The van der Waals surface area contributed by atoms with Gasteiger partial charge in [0.15, 0.2) is 0 Å². The molecule has 1 aliphatic heterocycles. The minimum absolute atomic E-state index is 0.105. The van der Waals surface area contributed by atoms with Crippen molar-refractivity contribution in [2.24, 2.45) is 0 Å². The number of carbonyl (C=O) groups is 3. The Kier molecular flexibility index (Phi) is 4.63. The van der Waals surface area contributed by atoms with E-state index in [-0.39, 0.29) is 35.0 Å². The van der Waals surface area contributed by atoms with E-state index in [2.05, 4.69) is 10.1 Å². The molecule has 10 heteroatoms. The molecule has 1 aliphatic rings. The van der Waals surface area contributed by atoms with Crippen LogP contribution < -0.4 is 5.32 Å². The number of rotatable bonds is 6. The normalized spacial score (nSPS) is 14.4. The summed E-state index contributed by atoms with van der Waals surface area (Å²) >= 11 is 1.03. The Hall–Kier alpha value is -1.78. The predicted molar refractivity (Wildman–Crippen MR) is 79.9 cm³/mol. The summed E-state index contributed by atoms with van der Waals surface area (Å²) in [6.45, 7) is -0.381. The molecule has 1 aromatic rings. The van der Waals surface area contributed by atoms with Crippen LogP contribution in [0.4, 0.5) is 5.69 Å². The van der Waals surface area contributed by atoms with Gasteiger partial charge in [-0.05, 0) is 0 Å². The minimum atomic E-state index is -3.29. The van der Waals surface area contributed by atoms with Gasteiger partial charge in [0.25, 0.3) is 11.8 Å². The lowest BCUT2D eigenvalue weighted by Gasteiger charge is -2.13. The van der Waals surface area contributed by atoms with E-state index in [9.17, 15) is 22.8 Å². The second kappa shape index (κ2) is 6.15. The second-order valence-corrected chi connectivity index (χ2v) is 7.87. The summed E-state index contributed by atoms with van der Waals surface area (Å²) in [5.41, 5.74) is 0.343. The Morgan fingerprint density at radius 3 is 2.64 bits per heavy atom. The molecule has 0 saturated heterocycles. The van der Waals surface area contributed by atoms with Crippen molar-refractivity contribution in [2.75, 3.05) is 37.6 Å². The molecule has 0 bridgehead atoms. The van der Waals surface area contributed by atoms with E-state index in [1.54, 1.807) is 0 Å². The molecule has 0 radical (unpaired) electrons. The van der Waals surface area contributed by atoms with Gasteiger partial charge in [-0.3, -0.25) is 19.3 Å². The second-order valence-electron chi connectivity index (χ2n) is 4.73. The first kappa shape index (κ1) is 16.6. The monoisotopic (exact) mass is 346 g/mol. The Balaban J connectivity index is 2.20. The SMILES string of the molecule is COCC(=O)Nc1csc2c1C(=O)N(CCS(C)(=O)=O)C2=O. The van der Waals surface area contributed by atoms with Crippen molar-refractivity contribution in [2.45, 2.75) is 0 Å². The van der Waals surface area contributed by atoms with Gasteiger partial charge in [0.2, 0.25) is 5.91 Å². The van der Waals surface area contributed by atoms with Crippen molar-refractivity contribution in [1.29, 1.82) is 0 Å².